The smallest absolute Gasteiger partial charge is 0.207 e. The second kappa shape index (κ2) is 4.51. The Balaban J connectivity index is 3.29. The zero-order valence-corrected chi connectivity index (χ0v) is 9.72. The van der Waals surface area contributed by atoms with Crippen LogP contribution >= 0.6 is 22.4 Å². The van der Waals surface area contributed by atoms with E-state index in [4.69, 9.17) is 10.7 Å². The molecule has 0 aromatic heterocycles. The van der Waals surface area contributed by atoms with E-state index in [0.717, 1.165) is 6.07 Å². The van der Waals surface area contributed by atoms with E-state index in [0.29, 0.717) is 10.6 Å². The molecule has 78 valence electrons. The zero-order valence-electron chi connectivity index (χ0n) is 7.33. The maximum atomic E-state index is 12.8. The highest BCUT2D eigenvalue weighted by Crippen LogP contribution is 2.29. The zero-order chi connectivity index (χ0) is 10.8. The Morgan fingerprint density at radius 1 is 1.50 bits per heavy atom. The molecule has 0 amide bonds. The van der Waals surface area contributed by atoms with Crippen molar-refractivity contribution in [3.63, 3.8) is 0 Å². The van der Waals surface area contributed by atoms with Gasteiger partial charge in [-0.1, -0.05) is 6.92 Å². The summed E-state index contributed by atoms with van der Waals surface area (Å²) in [6, 6.07) is 3.42. The third-order valence-electron chi connectivity index (χ3n) is 1.47. The van der Waals surface area contributed by atoms with Crippen LogP contribution < -0.4 is 0 Å². The van der Waals surface area contributed by atoms with Gasteiger partial charge in [0.1, 0.15) is 5.82 Å². The molecule has 0 bridgehead atoms. The van der Waals surface area contributed by atoms with Crippen LogP contribution in [0.1, 0.15) is 6.92 Å². The van der Waals surface area contributed by atoms with E-state index in [2.05, 4.69) is 0 Å². The summed E-state index contributed by atoms with van der Waals surface area (Å²) >= 11 is 1.24. The fourth-order valence-electron chi connectivity index (χ4n) is 0.952. The molecule has 0 N–H and O–H groups in total. The summed E-state index contributed by atoms with van der Waals surface area (Å²) in [4.78, 5) is 0.315. The molecule has 0 aliphatic carbocycles. The lowest BCUT2D eigenvalue weighted by molar-refractivity contribution is 0.603. The molecule has 0 aliphatic heterocycles. The molecule has 1 aromatic rings. The Labute approximate surface area is 90.9 Å². The first-order valence-corrected chi connectivity index (χ1v) is 7.11. The van der Waals surface area contributed by atoms with Crippen LogP contribution in [0.15, 0.2) is 28.0 Å². The molecule has 0 aliphatic rings. The largest absolute Gasteiger partial charge is 0.262 e. The van der Waals surface area contributed by atoms with Gasteiger partial charge in [-0.2, -0.15) is 0 Å². The fraction of sp³-hybridized carbons (Fsp3) is 0.250. The van der Waals surface area contributed by atoms with Gasteiger partial charge < -0.3 is 0 Å². The van der Waals surface area contributed by atoms with Crippen LogP contribution in [0, 0.1) is 5.82 Å². The number of hydrogen-bond donors (Lipinski definition) is 0. The number of rotatable bonds is 3. The summed E-state index contributed by atoms with van der Waals surface area (Å²) < 4.78 is 34.9. The SMILES string of the molecule is CCSc1cc(F)ccc1S(=O)(=O)Cl. The Hall–Kier alpha value is -0.260. The van der Waals surface area contributed by atoms with E-state index < -0.39 is 14.9 Å². The van der Waals surface area contributed by atoms with Crippen molar-refractivity contribution in [2.75, 3.05) is 5.75 Å². The van der Waals surface area contributed by atoms with E-state index >= 15 is 0 Å². The van der Waals surface area contributed by atoms with E-state index in [1.54, 1.807) is 0 Å². The average Bonchev–Trinajstić information content (AvgIpc) is 2.02. The van der Waals surface area contributed by atoms with Crippen LogP contribution in [-0.4, -0.2) is 14.2 Å². The summed E-state index contributed by atoms with van der Waals surface area (Å²) in [5.41, 5.74) is 0. The van der Waals surface area contributed by atoms with Crippen LogP contribution in [0.2, 0.25) is 0 Å². The minimum absolute atomic E-state index is 0.0348. The normalized spacial score (nSPS) is 11.6. The van der Waals surface area contributed by atoms with Crippen molar-refractivity contribution >= 4 is 31.5 Å². The quantitative estimate of drug-likeness (QED) is 0.614. The molecule has 14 heavy (non-hydrogen) atoms. The molecule has 2 nitrogen and oxygen atoms in total. The Bertz CT molecular complexity index is 431. The van der Waals surface area contributed by atoms with E-state index in [-0.39, 0.29) is 4.90 Å². The Morgan fingerprint density at radius 3 is 2.64 bits per heavy atom. The van der Waals surface area contributed by atoms with Gasteiger partial charge in [-0.3, -0.25) is 0 Å². The van der Waals surface area contributed by atoms with Gasteiger partial charge in [0.15, 0.2) is 0 Å². The lowest BCUT2D eigenvalue weighted by atomic mass is 10.3. The summed E-state index contributed by atoms with van der Waals surface area (Å²) in [6.07, 6.45) is 0. The molecule has 0 heterocycles. The van der Waals surface area contributed by atoms with Crippen LogP contribution in [-0.2, 0) is 9.05 Å². The molecule has 0 fully saturated rings. The molecule has 0 unspecified atom stereocenters. The summed E-state index contributed by atoms with van der Waals surface area (Å²) in [6.45, 7) is 1.85. The number of thioether (sulfide) groups is 1. The standard InChI is InChI=1S/C8H8ClFO2S2/c1-2-13-7-5-6(10)3-4-8(7)14(9,11)12/h3-5H,2H2,1H3. The maximum Gasteiger partial charge on any atom is 0.262 e. The van der Waals surface area contributed by atoms with Crippen molar-refractivity contribution in [1.82, 2.24) is 0 Å². The predicted molar refractivity (Wildman–Crippen MR) is 55.8 cm³/mol. The van der Waals surface area contributed by atoms with Gasteiger partial charge in [0.05, 0.1) is 4.90 Å². The second-order valence-corrected chi connectivity index (χ2v) is 6.30. The molecule has 0 radical (unpaired) electrons. The molecule has 6 heteroatoms. The second-order valence-electron chi connectivity index (χ2n) is 2.46. The minimum atomic E-state index is -3.79. The van der Waals surface area contributed by atoms with Crippen LogP contribution in [0.3, 0.4) is 0 Å². The molecule has 0 saturated carbocycles. The Morgan fingerprint density at radius 2 is 2.14 bits per heavy atom. The van der Waals surface area contributed by atoms with Crippen molar-refractivity contribution in [2.45, 2.75) is 16.7 Å². The molecule has 0 saturated heterocycles. The highest BCUT2D eigenvalue weighted by Gasteiger charge is 2.15. The maximum absolute atomic E-state index is 12.8. The van der Waals surface area contributed by atoms with Gasteiger partial charge in [-0.05, 0) is 24.0 Å². The van der Waals surface area contributed by atoms with Crippen LogP contribution in [0.25, 0.3) is 0 Å². The Kier molecular flexibility index (Phi) is 3.80. The summed E-state index contributed by atoms with van der Waals surface area (Å²) in [5, 5.41) is 0. The molecule has 0 atom stereocenters. The van der Waals surface area contributed by atoms with Crippen LogP contribution in [0.5, 0.6) is 0 Å². The molecular weight excluding hydrogens is 247 g/mol. The summed E-state index contributed by atoms with van der Waals surface area (Å²) in [5.74, 6) is 0.188. The van der Waals surface area contributed by atoms with Crippen molar-refractivity contribution in [1.29, 1.82) is 0 Å². The van der Waals surface area contributed by atoms with E-state index in [9.17, 15) is 12.8 Å². The molecule has 1 rings (SSSR count). The monoisotopic (exact) mass is 254 g/mol. The fourth-order valence-corrected chi connectivity index (χ4v) is 3.25. The first kappa shape index (κ1) is 11.8. The van der Waals surface area contributed by atoms with Gasteiger partial charge in [-0.25, -0.2) is 12.8 Å². The van der Waals surface area contributed by atoms with Crippen LogP contribution in [0.4, 0.5) is 4.39 Å². The van der Waals surface area contributed by atoms with Gasteiger partial charge in [0, 0.05) is 15.6 Å². The van der Waals surface area contributed by atoms with Crippen molar-refractivity contribution < 1.29 is 12.8 Å². The van der Waals surface area contributed by atoms with E-state index in [1.165, 1.54) is 23.9 Å². The van der Waals surface area contributed by atoms with E-state index in [1.807, 2.05) is 6.92 Å². The van der Waals surface area contributed by atoms with Gasteiger partial charge in [-0.15, -0.1) is 11.8 Å². The number of benzene rings is 1. The highest BCUT2D eigenvalue weighted by molar-refractivity contribution is 8.14. The number of hydrogen-bond acceptors (Lipinski definition) is 3. The topological polar surface area (TPSA) is 34.1 Å². The predicted octanol–water partition coefficient (Wildman–Crippen LogP) is 2.87. The van der Waals surface area contributed by atoms with Gasteiger partial charge in [0.25, 0.3) is 9.05 Å². The first-order valence-electron chi connectivity index (χ1n) is 3.82. The lowest BCUT2D eigenvalue weighted by Crippen LogP contribution is -1.94. The minimum Gasteiger partial charge on any atom is -0.207 e. The molecular formula is C8H8ClFO2S2. The highest BCUT2D eigenvalue weighted by atomic mass is 35.7. The number of halogens is 2. The average molecular weight is 255 g/mol. The third kappa shape index (κ3) is 2.87. The van der Waals surface area contributed by atoms with Gasteiger partial charge >= 0.3 is 0 Å². The van der Waals surface area contributed by atoms with Crippen molar-refractivity contribution in [3.05, 3.63) is 24.0 Å². The van der Waals surface area contributed by atoms with Gasteiger partial charge in [0.2, 0.25) is 0 Å². The molecule has 1 aromatic carbocycles. The lowest BCUT2D eigenvalue weighted by Gasteiger charge is -2.04. The summed E-state index contributed by atoms with van der Waals surface area (Å²) in [7, 11) is 1.40. The van der Waals surface area contributed by atoms with Crippen molar-refractivity contribution in [3.8, 4) is 0 Å². The third-order valence-corrected chi connectivity index (χ3v) is 3.91. The van der Waals surface area contributed by atoms with Crippen molar-refractivity contribution in [2.24, 2.45) is 0 Å². The first-order chi connectivity index (χ1) is 6.45. The molecule has 0 spiro atoms.